The molecule has 0 spiro atoms. The van der Waals surface area contributed by atoms with Crippen molar-refractivity contribution in [3.05, 3.63) is 50.8 Å². The first-order valence-electron chi connectivity index (χ1n) is 7.04. The van der Waals surface area contributed by atoms with Gasteiger partial charge in [0.25, 0.3) is 5.91 Å². The van der Waals surface area contributed by atoms with Gasteiger partial charge in [-0.25, -0.2) is 0 Å². The van der Waals surface area contributed by atoms with E-state index in [1.54, 1.807) is 18.2 Å². The largest absolute Gasteiger partial charge is 0.386 e. The molecular formula is C15H15Cl2N3O2. The van der Waals surface area contributed by atoms with Crippen molar-refractivity contribution in [1.29, 1.82) is 0 Å². The van der Waals surface area contributed by atoms with E-state index in [-0.39, 0.29) is 12.5 Å². The molecule has 1 amide bonds. The van der Waals surface area contributed by atoms with E-state index in [4.69, 9.17) is 23.2 Å². The van der Waals surface area contributed by atoms with Crippen LogP contribution in [0.4, 0.5) is 0 Å². The van der Waals surface area contributed by atoms with Crippen LogP contribution in [0.2, 0.25) is 10.0 Å². The van der Waals surface area contributed by atoms with Crippen LogP contribution in [0.5, 0.6) is 0 Å². The molecule has 1 aliphatic rings. The number of aliphatic hydroxyl groups is 1. The Balaban J connectivity index is 1.68. The minimum absolute atomic E-state index is 0.0178. The fourth-order valence-electron chi connectivity index (χ4n) is 2.71. The van der Waals surface area contributed by atoms with Crippen LogP contribution < -0.4 is 5.32 Å². The predicted octanol–water partition coefficient (Wildman–Crippen LogP) is 2.67. The summed E-state index contributed by atoms with van der Waals surface area (Å²) in [7, 11) is 0. The summed E-state index contributed by atoms with van der Waals surface area (Å²) >= 11 is 12.1. The fourth-order valence-corrected chi connectivity index (χ4v) is 3.36. The second-order valence-electron chi connectivity index (χ2n) is 5.24. The Morgan fingerprint density at radius 2 is 2.09 bits per heavy atom. The molecule has 5 nitrogen and oxygen atoms in total. The first-order valence-corrected chi connectivity index (χ1v) is 7.80. The van der Waals surface area contributed by atoms with Gasteiger partial charge in [-0.15, -0.1) is 0 Å². The molecule has 7 heteroatoms. The summed E-state index contributed by atoms with van der Waals surface area (Å²) in [4.78, 5) is 12.2. The first-order chi connectivity index (χ1) is 10.6. The molecule has 0 aliphatic heterocycles. The molecular weight excluding hydrogens is 325 g/mol. The van der Waals surface area contributed by atoms with E-state index in [2.05, 4.69) is 15.5 Å². The van der Waals surface area contributed by atoms with Gasteiger partial charge in [0, 0.05) is 33.4 Å². The lowest BCUT2D eigenvalue weighted by atomic mass is 10.1. The number of hydrogen-bond donors (Lipinski definition) is 3. The number of H-pyrrole nitrogens is 1. The van der Waals surface area contributed by atoms with E-state index < -0.39 is 6.10 Å². The number of fused-ring (bicyclic) bond motifs is 1. The number of amides is 1. The Kier molecular flexibility index (Phi) is 4.38. The Bertz CT molecular complexity index is 695. The topological polar surface area (TPSA) is 78.0 Å². The van der Waals surface area contributed by atoms with E-state index in [9.17, 15) is 9.90 Å². The Morgan fingerprint density at radius 1 is 1.36 bits per heavy atom. The number of carbonyl (C=O) groups excluding carboxylic acids is 1. The van der Waals surface area contributed by atoms with E-state index in [0.717, 1.165) is 30.5 Å². The highest BCUT2D eigenvalue weighted by Crippen LogP contribution is 2.30. The van der Waals surface area contributed by atoms with Crippen molar-refractivity contribution in [2.75, 3.05) is 6.54 Å². The van der Waals surface area contributed by atoms with Gasteiger partial charge in [0.1, 0.15) is 0 Å². The number of halogens is 2. The van der Waals surface area contributed by atoms with Crippen LogP contribution >= 0.6 is 23.2 Å². The van der Waals surface area contributed by atoms with Gasteiger partial charge in [-0.2, -0.15) is 5.10 Å². The maximum atomic E-state index is 12.2. The van der Waals surface area contributed by atoms with Crippen molar-refractivity contribution >= 4 is 29.1 Å². The van der Waals surface area contributed by atoms with Gasteiger partial charge in [0.05, 0.1) is 6.10 Å². The predicted molar refractivity (Wildman–Crippen MR) is 84.4 cm³/mol. The standard InChI is InChI=1S/C15H15Cl2N3O2/c16-9-4-2-5-10(17)13(9)12(21)7-18-15(22)14-8-3-1-6-11(8)19-20-14/h2,4-5,12,21H,1,3,6-7H2,(H,18,22)(H,19,20). The summed E-state index contributed by atoms with van der Waals surface area (Å²) in [6.07, 6.45) is 1.83. The number of aromatic nitrogens is 2. The first kappa shape index (κ1) is 15.3. The van der Waals surface area contributed by atoms with Gasteiger partial charge >= 0.3 is 0 Å². The zero-order valence-corrected chi connectivity index (χ0v) is 13.2. The average molecular weight is 340 g/mol. The number of aryl methyl sites for hydroxylation is 1. The second-order valence-corrected chi connectivity index (χ2v) is 6.06. The number of carbonyl (C=O) groups is 1. The Morgan fingerprint density at radius 3 is 2.82 bits per heavy atom. The van der Waals surface area contributed by atoms with Crippen LogP contribution in [0.15, 0.2) is 18.2 Å². The molecule has 3 rings (SSSR count). The molecule has 22 heavy (non-hydrogen) atoms. The van der Waals surface area contributed by atoms with E-state index >= 15 is 0 Å². The number of aromatic amines is 1. The minimum atomic E-state index is -0.975. The lowest BCUT2D eigenvalue weighted by Crippen LogP contribution is -2.29. The van der Waals surface area contributed by atoms with E-state index in [1.807, 2.05) is 0 Å². The van der Waals surface area contributed by atoms with Crippen LogP contribution in [-0.4, -0.2) is 27.8 Å². The summed E-state index contributed by atoms with van der Waals surface area (Å²) in [5.74, 6) is -0.304. The Labute approximate surface area is 137 Å². The molecule has 0 saturated carbocycles. The summed E-state index contributed by atoms with van der Waals surface area (Å²) < 4.78 is 0. The van der Waals surface area contributed by atoms with Gasteiger partial charge in [0.2, 0.25) is 0 Å². The number of rotatable bonds is 4. The van der Waals surface area contributed by atoms with Crippen LogP contribution in [0, 0.1) is 0 Å². The van der Waals surface area contributed by atoms with Crippen LogP contribution in [-0.2, 0) is 12.8 Å². The fraction of sp³-hybridized carbons (Fsp3) is 0.333. The van der Waals surface area contributed by atoms with E-state index in [1.165, 1.54) is 0 Å². The Hall–Kier alpha value is -1.56. The maximum absolute atomic E-state index is 12.2. The monoisotopic (exact) mass is 339 g/mol. The molecule has 1 heterocycles. The SMILES string of the molecule is O=C(NCC(O)c1c(Cl)cccc1Cl)c1n[nH]c2c1CCC2. The molecule has 0 saturated heterocycles. The van der Waals surface area contributed by atoms with Crippen LogP contribution in [0.1, 0.15) is 39.8 Å². The van der Waals surface area contributed by atoms with E-state index in [0.29, 0.717) is 21.3 Å². The molecule has 1 atom stereocenters. The molecule has 3 N–H and O–H groups in total. The highest BCUT2D eigenvalue weighted by atomic mass is 35.5. The van der Waals surface area contributed by atoms with Crippen molar-refractivity contribution in [2.24, 2.45) is 0 Å². The summed E-state index contributed by atoms with van der Waals surface area (Å²) in [6, 6.07) is 5.00. The summed E-state index contributed by atoms with van der Waals surface area (Å²) in [6.45, 7) is 0.0178. The van der Waals surface area contributed by atoms with Gasteiger partial charge in [-0.1, -0.05) is 29.3 Å². The van der Waals surface area contributed by atoms with Gasteiger partial charge in [-0.05, 0) is 31.4 Å². The zero-order chi connectivity index (χ0) is 15.7. The number of hydrogen-bond acceptors (Lipinski definition) is 3. The molecule has 0 radical (unpaired) electrons. The van der Waals surface area contributed by atoms with Gasteiger partial charge in [-0.3, -0.25) is 9.89 Å². The molecule has 0 fully saturated rings. The smallest absolute Gasteiger partial charge is 0.272 e. The molecule has 2 aromatic rings. The third-order valence-corrected chi connectivity index (χ3v) is 4.47. The van der Waals surface area contributed by atoms with Gasteiger partial charge < -0.3 is 10.4 Å². The highest BCUT2D eigenvalue weighted by molar-refractivity contribution is 6.36. The maximum Gasteiger partial charge on any atom is 0.272 e. The normalized spacial score (nSPS) is 14.7. The van der Waals surface area contributed by atoms with Crippen molar-refractivity contribution in [3.8, 4) is 0 Å². The van der Waals surface area contributed by atoms with Gasteiger partial charge in [0.15, 0.2) is 5.69 Å². The molecule has 1 aliphatic carbocycles. The minimum Gasteiger partial charge on any atom is -0.386 e. The zero-order valence-electron chi connectivity index (χ0n) is 11.7. The molecule has 0 bridgehead atoms. The quantitative estimate of drug-likeness (QED) is 0.801. The number of nitrogens with one attached hydrogen (secondary N) is 2. The van der Waals surface area contributed by atoms with Crippen LogP contribution in [0.25, 0.3) is 0 Å². The lowest BCUT2D eigenvalue weighted by Gasteiger charge is -2.15. The lowest BCUT2D eigenvalue weighted by molar-refractivity contribution is 0.0910. The number of benzene rings is 1. The highest BCUT2D eigenvalue weighted by Gasteiger charge is 2.24. The average Bonchev–Trinajstić information content (AvgIpc) is 3.07. The van der Waals surface area contributed by atoms with Crippen LogP contribution in [0.3, 0.4) is 0 Å². The molecule has 1 unspecified atom stereocenters. The summed E-state index contributed by atoms with van der Waals surface area (Å²) in [5, 5.41) is 20.6. The van der Waals surface area contributed by atoms with Crippen molar-refractivity contribution in [3.63, 3.8) is 0 Å². The third-order valence-electron chi connectivity index (χ3n) is 3.81. The second kappa shape index (κ2) is 6.28. The molecule has 116 valence electrons. The van der Waals surface area contributed by atoms with Crippen molar-refractivity contribution < 1.29 is 9.90 Å². The third kappa shape index (κ3) is 2.84. The number of aliphatic hydroxyl groups excluding tert-OH is 1. The number of nitrogens with zero attached hydrogens (tertiary/aromatic N) is 1. The molecule has 1 aromatic heterocycles. The van der Waals surface area contributed by atoms with Crippen molar-refractivity contribution in [2.45, 2.75) is 25.4 Å². The summed E-state index contributed by atoms with van der Waals surface area (Å²) in [5.41, 5.74) is 2.82. The molecule has 1 aromatic carbocycles. The van der Waals surface area contributed by atoms with Crippen molar-refractivity contribution in [1.82, 2.24) is 15.5 Å².